The number of hydrogen-bond acceptors (Lipinski definition) is 5. The van der Waals surface area contributed by atoms with Gasteiger partial charge in [0.05, 0.1) is 12.2 Å². The summed E-state index contributed by atoms with van der Waals surface area (Å²) >= 11 is 7.07. The molecule has 146 valence electrons. The molecule has 0 amide bonds. The molecule has 2 heterocycles. The Morgan fingerprint density at radius 2 is 2.22 bits per heavy atom. The molecule has 2 N–H and O–H groups in total. The third-order valence-corrected chi connectivity index (χ3v) is 6.09. The number of aromatic nitrogens is 2. The summed E-state index contributed by atoms with van der Waals surface area (Å²) in [4.78, 5) is 13.8. The topological polar surface area (TPSA) is 68.2 Å². The Morgan fingerprint density at radius 3 is 2.96 bits per heavy atom. The van der Waals surface area contributed by atoms with Crippen molar-refractivity contribution in [3.63, 3.8) is 0 Å². The molecule has 0 aliphatic heterocycles. The second kappa shape index (κ2) is 9.32. The predicted octanol–water partition coefficient (Wildman–Crippen LogP) is 3.69. The van der Waals surface area contributed by atoms with Gasteiger partial charge < -0.3 is 15.4 Å². The number of fused-ring (bicyclic) bond motifs is 1. The van der Waals surface area contributed by atoms with Crippen molar-refractivity contribution in [3.05, 3.63) is 34.0 Å². The molecule has 0 aromatic carbocycles. The van der Waals surface area contributed by atoms with Gasteiger partial charge in [-0.25, -0.2) is 4.79 Å². The Labute approximate surface area is 169 Å². The molecule has 1 aliphatic rings. The predicted molar refractivity (Wildman–Crippen MR) is 113 cm³/mol. The zero-order valence-electron chi connectivity index (χ0n) is 15.8. The van der Waals surface area contributed by atoms with E-state index in [-0.39, 0.29) is 5.97 Å². The fraction of sp³-hybridized carbons (Fsp3) is 0.526. The van der Waals surface area contributed by atoms with E-state index in [9.17, 15) is 4.79 Å². The fourth-order valence-corrected chi connectivity index (χ4v) is 4.83. The summed E-state index contributed by atoms with van der Waals surface area (Å²) in [5.41, 5.74) is 2.97. The molecule has 2 aromatic heterocycles. The molecule has 1 aliphatic carbocycles. The van der Waals surface area contributed by atoms with Gasteiger partial charge in [-0.2, -0.15) is 5.10 Å². The highest BCUT2D eigenvalue weighted by Crippen LogP contribution is 2.38. The van der Waals surface area contributed by atoms with Crippen molar-refractivity contribution in [2.24, 2.45) is 0 Å². The van der Waals surface area contributed by atoms with Gasteiger partial charge in [0.1, 0.15) is 5.00 Å². The van der Waals surface area contributed by atoms with Crippen LogP contribution in [0.1, 0.15) is 52.7 Å². The van der Waals surface area contributed by atoms with E-state index in [0.29, 0.717) is 17.3 Å². The van der Waals surface area contributed by atoms with Gasteiger partial charge in [0.2, 0.25) is 0 Å². The molecule has 0 atom stereocenters. The summed E-state index contributed by atoms with van der Waals surface area (Å²) in [5.74, 6) is -0.253. The highest BCUT2D eigenvalue weighted by molar-refractivity contribution is 7.80. The van der Waals surface area contributed by atoms with E-state index >= 15 is 0 Å². The molecule has 0 saturated carbocycles. The second-order valence-corrected chi connectivity index (χ2v) is 8.08. The van der Waals surface area contributed by atoms with Gasteiger partial charge in [0.15, 0.2) is 5.11 Å². The summed E-state index contributed by atoms with van der Waals surface area (Å²) in [6.07, 6.45) is 6.97. The van der Waals surface area contributed by atoms with Crippen LogP contribution < -0.4 is 10.6 Å². The quantitative estimate of drug-likeness (QED) is 0.415. The molecular formula is C19H26N4O2S2. The Kier molecular flexibility index (Phi) is 6.84. The molecule has 3 rings (SSSR count). The minimum absolute atomic E-state index is 0.253. The maximum atomic E-state index is 12.5. The highest BCUT2D eigenvalue weighted by Gasteiger charge is 2.26. The smallest absolute Gasteiger partial charge is 0.341 e. The largest absolute Gasteiger partial charge is 0.462 e. The van der Waals surface area contributed by atoms with Crippen LogP contribution in [0.4, 0.5) is 5.00 Å². The monoisotopic (exact) mass is 406 g/mol. The lowest BCUT2D eigenvalue weighted by atomic mass is 9.95. The summed E-state index contributed by atoms with van der Waals surface area (Å²) in [6, 6.07) is 2.00. The Hall–Kier alpha value is -1.93. The number of esters is 1. The number of thiocarbonyl (C=S) groups is 1. The van der Waals surface area contributed by atoms with Crippen molar-refractivity contribution < 1.29 is 9.53 Å². The number of nitrogens with one attached hydrogen (secondary N) is 2. The van der Waals surface area contributed by atoms with Crippen LogP contribution >= 0.6 is 23.6 Å². The molecule has 27 heavy (non-hydrogen) atoms. The van der Waals surface area contributed by atoms with E-state index in [1.54, 1.807) is 11.3 Å². The van der Waals surface area contributed by atoms with E-state index in [1.165, 1.54) is 11.3 Å². The number of aryl methyl sites for hydroxylation is 3. The number of carbonyl (C=O) groups is 1. The zero-order valence-corrected chi connectivity index (χ0v) is 17.5. The number of anilines is 1. The van der Waals surface area contributed by atoms with Crippen LogP contribution in [0.3, 0.4) is 0 Å². The molecule has 8 heteroatoms. The Bertz CT molecular complexity index is 813. The van der Waals surface area contributed by atoms with Gasteiger partial charge in [-0.3, -0.25) is 4.68 Å². The summed E-state index contributed by atoms with van der Waals surface area (Å²) < 4.78 is 7.26. The van der Waals surface area contributed by atoms with Gasteiger partial charge in [-0.15, -0.1) is 11.3 Å². The minimum atomic E-state index is -0.253. The Balaban J connectivity index is 1.59. The van der Waals surface area contributed by atoms with E-state index in [4.69, 9.17) is 17.0 Å². The normalized spacial score (nSPS) is 13.1. The van der Waals surface area contributed by atoms with E-state index in [2.05, 4.69) is 15.7 Å². The number of carbonyl (C=O) groups excluding carboxylic acids is 1. The molecular weight excluding hydrogens is 380 g/mol. The first-order chi connectivity index (χ1) is 13.1. The van der Waals surface area contributed by atoms with Crippen LogP contribution in [0, 0.1) is 6.92 Å². The molecule has 6 nitrogen and oxygen atoms in total. The lowest BCUT2D eigenvalue weighted by molar-refractivity contribution is 0.0526. The van der Waals surface area contributed by atoms with E-state index in [1.807, 2.05) is 30.8 Å². The van der Waals surface area contributed by atoms with Gasteiger partial charge in [-0.1, -0.05) is 0 Å². The summed E-state index contributed by atoms with van der Waals surface area (Å²) in [7, 11) is 0. The van der Waals surface area contributed by atoms with Gasteiger partial charge in [-0.05, 0) is 69.8 Å². The third kappa shape index (κ3) is 4.87. The van der Waals surface area contributed by atoms with Crippen LogP contribution in [0.5, 0.6) is 0 Å². The van der Waals surface area contributed by atoms with Crippen LogP contribution in [-0.2, 0) is 24.1 Å². The average molecular weight is 407 g/mol. The molecule has 0 spiro atoms. The molecule has 0 unspecified atom stereocenters. The van der Waals surface area contributed by atoms with Crippen LogP contribution in [0.2, 0.25) is 0 Å². The van der Waals surface area contributed by atoms with E-state index < -0.39 is 0 Å². The Morgan fingerprint density at radius 1 is 1.41 bits per heavy atom. The molecule has 0 bridgehead atoms. The SMILES string of the molecule is CCOC(=O)c1c(NC(=S)NCCCn2nccc2C)sc2c1CCCC2. The van der Waals surface area contributed by atoms with Crippen molar-refractivity contribution in [2.45, 2.75) is 52.5 Å². The lowest BCUT2D eigenvalue weighted by Gasteiger charge is -2.13. The van der Waals surface area contributed by atoms with E-state index in [0.717, 1.165) is 55.0 Å². The number of nitrogens with zero attached hydrogens (tertiary/aromatic N) is 2. The highest BCUT2D eigenvalue weighted by atomic mass is 32.1. The van der Waals surface area contributed by atoms with Crippen molar-refractivity contribution in [3.8, 4) is 0 Å². The minimum Gasteiger partial charge on any atom is -0.462 e. The number of rotatable bonds is 7. The van der Waals surface area contributed by atoms with Gasteiger partial charge in [0, 0.05) is 29.9 Å². The lowest BCUT2D eigenvalue weighted by Crippen LogP contribution is -2.30. The number of hydrogen-bond donors (Lipinski definition) is 2. The van der Waals surface area contributed by atoms with Gasteiger partial charge >= 0.3 is 5.97 Å². The van der Waals surface area contributed by atoms with Crippen molar-refractivity contribution in [2.75, 3.05) is 18.5 Å². The second-order valence-electron chi connectivity index (χ2n) is 6.57. The first kappa shape index (κ1) is 19.8. The van der Waals surface area contributed by atoms with Crippen LogP contribution in [-0.4, -0.2) is 34.0 Å². The third-order valence-electron chi connectivity index (χ3n) is 4.64. The first-order valence-corrected chi connectivity index (χ1v) is 10.7. The maximum absolute atomic E-state index is 12.5. The maximum Gasteiger partial charge on any atom is 0.341 e. The van der Waals surface area contributed by atoms with Crippen molar-refractivity contribution in [1.82, 2.24) is 15.1 Å². The molecule has 0 saturated heterocycles. The average Bonchev–Trinajstić information content (AvgIpc) is 3.21. The van der Waals surface area contributed by atoms with Crippen LogP contribution in [0.15, 0.2) is 12.3 Å². The number of ether oxygens (including phenoxy) is 1. The van der Waals surface area contributed by atoms with Crippen molar-refractivity contribution >= 4 is 39.6 Å². The summed E-state index contributed by atoms with van der Waals surface area (Å²) in [5, 5.41) is 12.1. The standard InChI is InChI=1S/C19H26N4O2S2/c1-3-25-18(24)16-14-7-4-5-8-15(14)27-17(16)22-19(26)20-10-6-12-23-13(2)9-11-21-23/h9,11H,3-8,10,12H2,1-2H3,(H2,20,22,26). The molecule has 2 aromatic rings. The fourth-order valence-electron chi connectivity index (χ4n) is 3.28. The molecule has 0 fully saturated rings. The summed E-state index contributed by atoms with van der Waals surface area (Å²) in [6.45, 7) is 5.83. The van der Waals surface area contributed by atoms with Crippen LogP contribution in [0.25, 0.3) is 0 Å². The molecule has 0 radical (unpaired) electrons. The first-order valence-electron chi connectivity index (χ1n) is 9.45. The zero-order chi connectivity index (χ0) is 19.2. The van der Waals surface area contributed by atoms with Gasteiger partial charge in [0.25, 0.3) is 0 Å². The van der Waals surface area contributed by atoms with Crippen molar-refractivity contribution in [1.29, 1.82) is 0 Å². The number of thiophene rings is 1.